The SMILES string of the molecule is CCO[Si](O)(CS)OCC. The molecular weight excluding hydrogens is 168 g/mol. The lowest BCUT2D eigenvalue weighted by atomic mass is 10.9. The van der Waals surface area contributed by atoms with E-state index in [1.807, 2.05) is 13.8 Å². The van der Waals surface area contributed by atoms with Crippen molar-refractivity contribution in [3.8, 4) is 0 Å². The summed E-state index contributed by atoms with van der Waals surface area (Å²) in [4.78, 5) is 9.44. The van der Waals surface area contributed by atoms with Crippen LogP contribution in [0.2, 0.25) is 0 Å². The van der Waals surface area contributed by atoms with Crippen molar-refractivity contribution in [1.82, 2.24) is 0 Å². The van der Waals surface area contributed by atoms with Crippen molar-refractivity contribution < 1.29 is 13.6 Å². The molecule has 0 unspecified atom stereocenters. The van der Waals surface area contributed by atoms with Crippen LogP contribution in [0.5, 0.6) is 0 Å². The highest BCUT2D eigenvalue weighted by molar-refractivity contribution is 7.82. The highest BCUT2D eigenvalue weighted by Crippen LogP contribution is 2.04. The van der Waals surface area contributed by atoms with Crippen molar-refractivity contribution in [3.63, 3.8) is 0 Å². The zero-order valence-corrected chi connectivity index (χ0v) is 8.23. The molecule has 0 heterocycles. The highest BCUT2D eigenvalue weighted by atomic mass is 32.1. The second kappa shape index (κ2) is 5.14. The average Bonchev–Trinajstić information content (AvgIpc) is 1.89. The summed E-state index contributed by atoms with van der Waals surface area (Å²) in [6, 6.07) is 0. The first kappa shape index (κ1) is 10.4. The van der Waals surface area contributed by atoms with Gasteiger partial charge >= 0.3 is 8.80 Å². The Hall–Kier alpha value is 0.447. The van der Waals surface area contributed by atoms with Crippen LogP contribution in [-0.2, 0) is 8.85 Å². The lowest BCUT2D eigenvalue weighted by molar-refractivity contribution is 0.115. The van der Waals surface area contributed by atoms with Crippen LogP contribution in [0.25, 0.3) is 0 Å². The molecule has 0 radical (unpaired) electrons. The Bertz CT molecular complexity index is 85.0. The second-order valence-corrected chi connectivity index (χ2v) is 5.00. The molecule has 0 bridgehead atoms. The smallest absolute Gasteiger partial charge is 0.389 e. The molecule has 10 heavy (non-hydrogen) atoms. The number of rotatable bonds is 5. The van der Waals surface area contributed by atoms with Gasteiger partial charge in [0.05, 0.1) is 5.38 Å². The van der Waals surface area contributed by atoms with E-state index >= 15 is 0 Å². The molecule has 5 heteroatoms. The van der Waals surface area contributed by atoms with Crippen molar-refractivity contribution in [2.24, 2.45) is 0 Å². The molecule has 0 amide bonds. The number of hydrogen-bond acceptors (Lipinski definition) is 4. The zero-order chi connectivity index (χ0) is 8.04. The fourth-order valence-corrected chi connectivity index (χ4v) is 2.30. The van der Waals surface area contributed by atoms with Crippen LogP contribution < -0.4 is 0 Å². The van der Waals surface area contributed by atoms with Crippen molar-refractivity contribution >= 4 is 21.4 Å². The largest absolute Gasteiger partial charge is 0.508 e. The van der Waals surface area contributed by atoms with Crippen LogP contribution >= 0.6 is 12.6 Å². The number of thiol groups is 1. The van der Waals surface area contributed by atoms with Gasteiger partial charge in [-0.25, -0.2) is 0 Å². The highest BCUT2D eigenvalue weighted by Gasteiger charge is 2.33. The molecule has 3 nitrogen and oxygen atoms in total. The van der Waals surface area contributed by atoms with Crippen LogP contribution in [0.4, 0.5) is 0 Å². The average molecular weight is 182 g/mol. The maximum Gasteiger partial charge on any atom is 0.508 e. The van der Waals surface area contributed by atoms with Gasteiger partial charge in [-0.15, -0.1) is 0 Å². The first-order valence-electron chi connectivity index (χ1n) is 3.29. The fourth-order valence-electron chi connectivity index (χ4n) is 0.584. The third-order valence-electron chi connectivity index (χ3n) is 0.940. The Morgan fingerprint density at radius 1 is 1.30 bits per heavy atom. The first-order chi connectivity index (χ1) is 4.68. The summed E-state index contributed by atoms with van der Waals surface area (Å²) in [6.07, 6.45) is 0. The molecule has 0 aliphatic rings. The van der Waals surface area contributed by atoms with E-state index in [1.54, 1.807) is 0 Å². The van der Waals surface area contributed by atoms with E-state index in [-0.39, 0.29) is 5.38 Å². The van der Waals surface area contributed by atoms with Gasteiger partial charge in [0.2, 0.25) is 0 Å². The van der Waals surface area contributed by atoms with Crippen molar-refractivity contribution in [2.75, 3.05) is 18.6 Å². The van der Waals surface area contributed by atoms with Crippen LogP contribution in [0.3, 0.4) is 0 Å². The minimum atomic E-state index is -2.86. The summed E-state index contributed by atoms with van der Waals surface area (Å²) in [7, 11) is -2.86. The quantitative estimate of drug-likeness (QED) is 0.479. The Morgan fingerprint density at radius 2 is 1.70 bits per heavy atom. The van der Waals surface area contributed by atoms with Gasteiger partial charge in [-0.3, -0.25) is 0 Å². The predicted octanol–water partition coefficient (Wildman–Crippen LogP) is 0.460. The standard InChI is InChI=1S/C5H14O3SSi/c1-3-7-10(6,5-9)8-4-2/h6,9H,3-5H2,1-2H3. The topological polar surface area (TPSA) is 38.7 Å². The maximum atomic E-state index is 9.44. The molecule has 0 saturated heterocycles. The Morgan fingerprint density at radius 3 is 1.90 bits per heavy atom. The molecule has 0 aliphatic heterocycles. The van der Waals surface area contributed by atoms with Crippen LogP contribution in [-0.4, -0.2) is 32.2 Å². The van der Waals surface area contributed by atoms with Gasteiger partial charge in [0.1, 0.15) is 0 Å². The summed E-state index contributed by atoms with van der Waals surface area (Å²) in [6.45, 7) is 4.59. The molecule has 0 atom stereocenters. The minimum absolute atomic E-state index is 0.286. The summed E-state index contributed by atoms with van der Waals surface area (Å²) in [5.74, 6) is 0. The molecule has 0 aromatic rings. The maximum absolute atomic E-state index is 9.44. The Balaban J connectivity index is 3.69. The van der Waals surface area contributed by atoms with Crippen molar-refractivity contribution in [2.45, 2.75) is 13.8 Å². The summed E-state index contributed by atoms with van der Waals surface area (Å²) < 4.78 is 10.0. The summed E-state index contributed by atoms with van der Waals surface area (Å²) in [5.41, 5.74) is 0. The van der Waals surface area contributed by atoms with E-state index < -0.39 is 8.80 Å². The van der Waals surface area contributed by atoms with Gasteiger partial charge in [0.25, 0.3) is 0 Å². The van der Waals surface area contributed by atoms with Gasteiger partial charge in [-0.2, -0.15) is 12.6 Å². The molecule has 1 N–H and O–H groups in total. The fraction of sp³-hybridized carbons (Fsp3) is 1.00. The van der Waals surface area contributed by atoms with E-state index in [2.05, 4.69) is 12.6 Å². The van der Waals surface area contributed by atoms with Crippen LogP contribution in [0.15, 0.2) is 0 Å². The summed E-state index contributed by atoms with van der Waals surface area (Å²) >= 11 is 3.93. The van der Waals surface area contributed by atoms with Gasteiger partial charge in [0, 0.05) is 13.2 Å². The van der Waals surface area contributed by atoms with E-state index in [4.69, 9.17) is 8.85 Å². The third kappa shape index (κ3) is 3.57. The normalized spacial score (nSPS) is 12.0. The van der Waals surface area contributed by atoms with Crippen molar-refractivity contribution in [3.05, 3.63) is 0 Å². The first-order valence-corrected chi connectivity index (χ1v) is 5.90. The van der Waals surface area contributed by atoms with Gasteiger partial charge < -0.3 is 13.6 Å². The van der Waals surface area contributed by atoms with Crippen LogP contribution in [0.1, 0.15) is 13.8 Å². The molecule has 0 aliphatic carbocycles. The molecule has 62 valence electrons. The molecule has 0 fully saturated rings. The van der Waals surface area contributed by atoms with Crippen LogP contribution in [0, 0.1) is 0 Å². The summed E-state index contributed by atoms with van der Waals surface area (Å²) in [5, 5.41) is 0.286. The molecular formula is C5H14O3SSi. The zero-order valence-electron chi connectivity index (χ0n) is 6.33. The predicted molar refractivity (Wildman–Crippen MR) is 45.1 cm³/mol. The van der Waals surface area contributed by atoms with Gasteiger partial charge in [-0.05, 0) is 13.8 Å². The molecule has 0 saturated carbocycles. The van der Waals surface area contributed by atoms with E-state index in [0.29, 0.717) is 13.2 Å². The van der Waals surface area contributed by atoms with Gasteiger partial charge in [0.15, 0.2) is 0 Å². The second-order valence-electron chi connectivity index (χ2n) is 1.74. The van der Waals surface area contributed by atoms with Gasteiger partial charge in [-0.1, -0.05) is 0 Å². The number of hydrogen-bond donors (Lipinski definition) is 2. The third-order valence-corrected chi connectivity index (χ3v) is 4.02. The van der Waals surface area contributed by atoms with E-state index in [9.17, 15) is 4.80 Å². The molecule has 0 aromatic carbocycles. The molecule has 0 spiro atoms. The van der Waals surface area contributed by atoms with Crippen molar-refractivity contribution in [1.29, 1.82) is 0 Å². The van der Waals surface area contributed by atoms with E-state index in [1.165, 1.54) is 0 Å². The Labute approximate surface area is 68.1 Å². The minimum Gasteiger partial charge on any atom is -0.389 e. The molecule has 0 aromatic heterocycles. The lowest BCUT2D eigenvalue weighted by Crippen LogP contribution is -2.45. The monoisotopic (exact) mass is 182 g/mol. The lowest BCUT2D eigenvalue weighted by Gasteiger charge is -2.20. The molecule has 0 rings (SSSR count). The Kier molecular flexibility index (Phi) is 5.37. The van der Waals surface area contributed by atoms with E-state index in [0.717, 1.165) is 0 Å².